The highest BCUT2D eigenvalue weighted by atomic mass is 32.1. The molecule has 1 fully saturated rings. The molecule has 0 aliphatic carbocycles. The molecule has 25 heavy (non-hydrogen) atoms. The van der Waals surface area contributed by atoms with Gasteiger partial charge in [-0.2, -0.15) is 0 Å². The maximum Gasteiger partial charge on any atom is 0.273 e. The number of thiazole rings is 1. The summed E-state index contributed by atoms with van der Waals surface area (Å²) in [5.74, 6) is 0.314. The van der Waals surface area contributed by atoms with Crippen LogP contribution in [0.25, 0.3) is 0 Å². The van der Waals surface area contributed by atoms with E-state index >= 15 is 0 Å². The van der Waals surface area contributed by atoms with Gasteiger partial charge in [0.25, 0.3) is 5.91 Å². The smallest absolute Gasteiger partial charge is 0.273 e. The van der Waals surface area contributed by atoms with Gasteiger partial charge in [0, 0.05) is 32.1 Å². The number of nitrogens with zero attached hydrogens (tertiary/aromatic N) is 3. The fourth-order valence-electron chi connectivity index (χ4n) is 3.43. The second kappa shape index (κ2) is 8.54. The molecule has 1 amide bonds. The molecule has 1 atom stereocenters. The van der Waals surface area contributed by atoms with Gasteiger partial charge in [-0.15, -0.1) is 11.3 Å². The van der Waals surface area contributed by atoms with Crippen LogP contribution in [0.1, 0.15) is 28.9 Å². The molecule has 0 radical (unpaired) electrons. The molecule has 1 aromatic heterocycles. The summed E-state index contributed by atoms with van der Waals surface area (Å²) in [6.45, 7) is 3.85. The van der Waals surface area contributed by atoms with E-state index in [-0.39, 0.29) is 11.7 Å². The van der Waals surface area contributed by atoms with E-state index in [4.69, 9.17) is 0 Å². The number of rotatable bonds is 6. The molecule has 2 heterocycles. The molecular weight excluding hydrogens is 337 g/mol. The van der Waals surface area contributed by atoms with Crippen molar-refractivity contribution in [2.45, 2.75) is 19.3 Å². The van der Waals surface area contributed by atoms with Crippen LogP contribution in [-0.2, 0) is 6.42 Å². The van der Waals surface area contributed by atoms with Crippen molar-refractivity contribution in [1.29, 1.82) is 0 Å². The number of halogens is 1. The lowest BCUT2D eigenvalue weighted by Crippen LogP contribution is -2.42. The van der Waals surface area contributed by atoms with Crippen LogP contribution in [0.4, 0.5) is 4.39 Å². The fourth-order valence-corrected chi connectivity index (χ4v) is 3.95. The zero-order chi connectivity index (χ0) is 17.6. The summed E-state index contributed by atoms with van der Waals surface area (Å²) >= 11 is 1.45. The molecule has 0 spiro atoms. The minimum absolute atomic E-state index is 0.00434. The van der Waals surface area contributed by atoms with Crippen LogP contribution in [0.5, 0.6) is 0 Å². The Morgan fingerprint density at radius 1 is 1.40 bits per heavy atom. The lowest BCUT2D eigenvalue weighted by molar-refractivity contribution is 0.0725. The normalized spacial score (nSPS) is 18.2. The summed E-state index contributed by atoms with van der Waals surface area (Å²) in [6.07, 6.45) is 3.25. The molecule has 4 nitrogen and oxygen atoms in total. The summed E-state index contributed by atoms with van der Waals surface area (Å²) < 4.78 is 13.0. The fraction of sp³-hybridized carbons (Fsp3) is 0.474. The van der Waals surface area contributed by atoms with E-state index in [0.717, 1.165) is 45.4 Å². The summed E-state index contributed by atoms with van der Waals surface area (Å²) in [5, 5.41) is 1.80. The predicted octanol–water partition coefficient (Wildman–Crippen LogP) is 3.31. The third kappa shape index (κ3) is 5.09. The van der Waals surface area contributed by atoms with E-state index in [0.29, 0.717) is 11.6 Å². The topological polar surface area (TPSA) is 36.4 Å². The van der Waals surface area contributed by atoms with Gasteiger partial charge in [-0.25, -0.2) is 9.37 Å². The first kappa shape index (κ1) is 18.0. The van der Waals surface area contributed by atoms with Crippen LogP contribution in [-0.4, -0.2) is 53.9 Å². The molecule has 1 aliphatic heterocycles. The van der Waals surface area contributed by atoms with Crippen LogP contribution in [0.2, 0.25) is 0 Å². The molecule has 1 aromatic carbocycles. The molecule has 3 rings (SSSR count). The number of likely N-dealkylation sites (tertiary alicyclic amines) is 1. The molecule has 0 N–H and O–H groups in total. The van der Waals surface area contributed by atoms with Crippen molar-refractivity contribution in [1.82, 2.24) is 14.8 Å². The maximum atomic E-state index is 13.0. The summed E-state index contributed by atoms with van der Waals surface area (Å²) in [7, 11) is 1.86. The summed E-state index contributed by atoms with van der Waals surface area (Å²) in [5.41, 5.74) is 3.40. The van der Waals surface area contributed by atoms with Gasteiger partial charge in [-0.05, 0) is 49.4 Å². The molecule has 1 saturated heterocycles. The minimum atomic E-state index is -0.186. The van der Waals surface area contributed by atoms with Crippen molar-refractivity contribution in [3.63, 3.8) is 0 Å². The number of carbonyl (C=O) groups excluding carboxylic acids is 1. The third-order valence-electron chi connectivity index (χ3n) is 4.76. The highest BCUT2D eigenvalue weighted by Gasteiger charge is 2.23. The summed E-state index contributed by atoms with van der Waals surface area (Å²) in [4.78, 5) is 20.7. The second-order valence-electron chi connectivity index (χ2n) is 6.74. The number of piperidine rings is 1. The molecule has 1 aliphatic rings. The van der Waals surface area contributed by atoms with E-state index in [9.17, 15) is 9.18 Å². The predicted molar refractivity (Wildman–Crippen MR) is 98.3 cm³/mol. The molecule has 134 valence electrons. The van der Waals surface area contributed by atoms with E-state index in [1.807, 2.05) is 19.2 Å². The highest BCUT2D eigenvalue weighted by molar-refractivity contribution is 7.07. The Bertz CT molecular complexity index is 674. The number of benzene rings is 1. The zero-order valence-corrected chi connectivity index (χ0v) is 15.3. The van der Waals surface area contributed by atoms with Crippen LogP contribution in [0, 0.1) is 11.7 Å². The third-order valence-corrected chi connectivity index (χ3v) is 5.35. The number of hydrogen-bond donors (Lipinski definition) is 0. The number of amides is 1. The van der Waals surface area contributed by atoms with E-state index in [1.165, 1.54) is 29.0 Å². The molecule has 0 saturated carbocycles. The van der Waals surface area contributed by atoms with E-state index < -0.39 is 0 Å². The Morgan fingerprint density at radius 2 is 2.20 bits per heavy atom. The van der Waals surface area contributed by atoms with Crippen molar-refractivity contribution in [2.24, 2.45) is 5.92 Å². The Balaban J connectivity index is 1.47. The Morgan fingerprint density at radius 3 is 2.92 bits per heavy atom. The van der Waals surface area contributed by atoms with Crippen LogP contribution in [0.15, 0.2) is 35.2 Å². The van der Waals surface area contributed by atoms with Gasteiger partial charge >= 0.3 is 0 Å². The number of aromatic nitrogens is 1. The van der Waals surface area contributed by atoms with Gasteiger partial charge in [0.15, 0.2) is 0 Å². The van der Waals surface area contributed by atoms with Gasteiger partial charge in [0.2, 0.25) is 0 Å². The Kier molecular flexibility index (Phi) is 6.15. The Labute approximate surface area is 152 Å². The quantitative estimate of drug-likeness (QED) is 0.792. The van der Waals surface area contributed by atoms with Crippen LogP contribution >= 0.6 is 11.3 Å². The first-order chi connectivity index (χ1) is 12.1. The van der Waals surface area contributed by atoms with Crippen molar-refractivity contribution in [3.8, 4) is 0 Å². The van der Waals surface area contributed by atoms with Gasteiger partial charge in [-0.3, -0.25) is 4.79 Å². The van der Waals surface area contributed by atoms with Crippen molar-refractivity contribution >= 4 is 17.2 Å². The average Bonchev–Trinajstić information content (AvgIpc) is 3.15. The first-order valence-electron chi connectivity index (χ1n) is 8.72. The molecule has 0 unspecified atom stereocenters. The van der Waals surface area contributed by atoms with E-state index in [2.05, 4.69) is 9.88 Å². The zero-order valence-electron chi connectivity index (χ0n) is 14.5. The van der Waals surface area contributed by atoms with Crippen molar-refractivity contribution in [2.75, 3.05) is 33.2 Å². The molecular formula is C19H24FN3OS. The van der Waals surface area contributed by atoms with Crippen LogP contribution in [0.3, 0.4) is 0 Å². The van der Waals surface area contributed by atoms with Gasteiger partial charge in [0.1, 0.15) is 11.5 Å². The minimum Gasteiger partial charge on any atom is -0.340 e. The van der Waals surface area contributed by atoms with Crippen molar-refractivity contribution < 1.29 is 9.18 Å². The molecule has 2 aromatic rings. The van der Waals surface area contributed by atoms with E-state index in [1.54, 1.807) is 15.8 Å². The molecule has 0 bridgehead atoms. The monoisotopic (exact) mass is 361 g/mol. The lowest BCUT2D eigenvalue weighted by atomic mass is 9.97. The van der Waals surface area contributed by atoms with Gasteiger partial charge < -0.3 is 9.80 Å². The average molecular weight is 361 g/mol. The van der Waals surface area contributed by atoms with Crippen molar-refractivity contribution in [3.05, 3.63) is 52.2 Å². The maximum absolute atomic E-state index is 13.0. The number of carbonyl (C=O) groups is 1. The second-order valence-corrected chi connectivity index (χ2v) is 7.46. The number of hydrogen-bond acceptors (Lipinski definition) is 4. The summed E-state index contributed by atoms with van der Waals surface area (Å²) in [6, 6.07) is 6.76. The lowest BCUT2D eigenvalue weighted by Gasteiger charge is -2.34. The first-order valence-corrected chi connectivity index (χ1v) is 9.66. The SMILES string of the molecule is CN(C[C@@H]1CCCN(CCc2ccc(F)cc2)C1)C(=O)c1cscn1. The van der Waals surface area contributed by atoms with Crippen LogP contribution < -0.4 is 0 Å². The Hall–Kier alpha value is -1.79. The molecule has 6 heteroatoms. The van der Waals surface area contributed by atoms with Gasteiger partial charge in [-0.1, -0.05) is 12.1 Å². The standard InChI is InChI=1S/C19H24FN3OS/c1-22(19(24)18-13-25-14-21-18)11-16-3-2-9-23(12-16)10-8-15-4-6-17(20)7-5-15/h4-7,13-14,16H,2-3,8-12H2,1H3/t16-/m0/s1. The highest BCUT2D eigenvalue weighted by Crippen LogP contribution is 2.19. The van der Waals surface area contributed by atoms with Gasteiger partial charge in [0.05, 0.1) is 5.51 Å². The largest absolute Gasteiger partial charge is 0.340 e.